The van der Waals surface area contributed by atoms with Crippen LogP contribution in [0.4, 0.5) is 5.82 Å². The van der Waals surface area contributed by atoms with Crippen LogP contribution >= 0.6 is 15.9 Å². The molecule has 0 unspecified atom stereocenters. The first kappa shape index (κ1) is 22.8. The Balaban J connectivity index is 1.70. The van der Waals surface area contributed by atoms with E-state index in [1.165, 1.54) is 0 Å². The third-order valence-corrected chi connectivity index (χ3v) is 6.46. The number of anilines is 1. The highest BCUT2D eigenvalue weighted by Gasteiger charge is 2.32. The van der Waals surface area contributed by atoms with E-state index in [0.717, 1.165) is 37.9 Å². The van der Waals surface area contributed by atoms with E-state index in [1.807, 2.05) is 56.3 Å². The highest BCUT2D eigenvalue weighted by Crippen LogP contribution is 2.43. The van der Waals surface area contributed by atoms with Gasteiger partial charge in [-0.05, 0) is 76.3 Å². The van der Waals surface area contributed by atoms with E-state index in [4.69, 9.17) is 10.5 Å². The predicted molar refractivity (Wildman–Crippen MR) is 133 cm³/mol. The maximum Gasteiger partial charge on any atom is 0.289 e. The van der Waals surface area contributed by atoms with Crippen molar-refractivity contribution in [2.24, 2.45) is 0 Å². The van der Waals surface area contributed by atoms with Crippen LogP contribution in [0, 0.1) is 40.9 Å². The van der Waals surface area contributed by atoms with Gasteiger partial charge in [0.05, 0.1) is 16.1 Å². The van der Waals surface area contributed by atoms with Crippen LogP contribution in [0.3, 0.4) is 0 Å². The fraction of sp³-hybridized carbons (Fsp3) is 0.111. The number of benzene rings is 2. The van der Waals surface area contributed by atoms with E-state index < -0.39 is 0 Å². The lowest BCUT2D eigenvalue weighted by Crippen LogP contribution is -2.20. The first-order chi connectivity index (χ1) is 16.4. The Morgan fingerprint density at radius 1 is 1.06 bits per heavy atom. The summed E-state index contributed by atoms with van der Waals surface area (Å²) < 4.78 is 6.70. The third kappa shape index (κ3) is 3.92. The predicted octanol–water partition coefficient (Wildman–Crippen LogP) is 5.33. The first-order valence-electron chi connectivity index (χ1n) is 10.4. The zero-order valence-corrected chi connectivity index (χ0v) is 20.1. The van der Waals surface area contributed by atoms with Crippen LogP contribution in [0.5, 0.6) is 5.75 Å². The Labute approximate surface area is 206 Å². The molecule has 0 amide bonds. The van der Waals surface area contributed by atoms with Gasteiger partial charge in [0.2, 0.25) is 0 Å². The SMILES string of the molecule is CC1=C(C#N)c2[nH+]c(N)c(C#N)c(C)c2C1=Cc1ccc(OCc2ccccc2C#N)c(Br)c1. The summed E-state index contributed by atoms with van der Waals surface area (Å²) in [6, 6.07) is 19.6. The van der Waals surface area contributed by atoms with Crippen molar-refractivity contribution >= 4 is 39.0 Å². The summed E-state index contributed by atoms with van der Waals surface area (Å²) in [5, 5.41) is 28.5. The van der Waals surface area contributed by atoms with Gasteiger partial charge < -0.3 is 4.74 Å². The quantitative estimate of drug-likeness (QED) is 0.510. The van der Waals surface area contributed by atoms with Crippen molar-refractivity contribution in [1.82, 2.24) is 0 Å². The Morgan fingerprint density at radius 3 is 2.50 bits per heavy atom. The molecule has 7 heteroatoms. The number of rotatable bonds is 4. The van der Waals surface area contributed by atoms with Crippen molar-refractivity contribution in [2.45, 2.75) is 20.5 Å². The van der Waals surface area contributed by atoms with E-state index >= 15 is 0 Å². The average molecular weight is 509 g/mol. The second-order valence-corrected chi connectivity index (χ2v) is 8.67. The van der Waals surface area contributed by atoms with Gasteiger partial charge in [-0.1, -0.05) is 24.3 Å². The number of aromatic amines is 1. The molecule has 0 atom stereocenters. The van der Waals surface area contributed by atoms with Gasteiger partial charge in [0, 0.05) is 11.1 Å². The van der Waals surface area contributed by atoms with Gasteiger partial charge >= 0.3 is 0 Å². The fourth-order valence-electron chi connectivity index (χ4n) is 4.07. The Bertz CT molecular complexity index is 1530. The number of nitriles is 3. The van der Waals surface area contributed by atoms with E-state index in [2.05, 4.69) is 39.1 Å². The molecule has 0 saturated heterocycles. The van der Waals surface area contributed by atoms with E-state index in [1.54, 1.807) is 6.07 Å². The van der Waals surface area contributed by atoms with Gasteiger partial charge in [-0.15, -0.1) is 0 Å². The lowest BCUT2D eigenvalue weighted by Gasteiger charge is -2.11. The molecular formula is C27H19BrN5O+. The summed E-state index contributed by atoms with van der Waals surface area (Å²) in [5.41, 5.74) is 13.1. The monoisotopic (exact) mass is 508 g/mol. The number of fused-ring (bicyclic) bond motifs is 1. The van der Waals surface area contributed by atoms with Gasteiger partial charge in [-0.25, -0.2) is 4.98 Å². The molecule has 6 nitrogen and oxygen atoms in total. The molecule has 3 aromatic rings. The highest BCUT2D eigenvalue weighted by molar-refractivity contribution is 9.10. The lowest BCUT2D eigenvalue weighted by atomic mass is 9.95. The summed E-state index contributed by atoms with van der Waals surface area (Å²) in [6.07, 6.45) is 1.98. The van der Waals surface area contributed by atoms with Crippen molar-refractivity contribution in [1.29, 1.82) is 15.8 Å². The van der Waals surface area contributed by atoms with Gasteiger partial charge in [-0.3, -0.25) is 5.73 Å². The largest absolute Gasteiger partial charge is 0.488 e. The fourth-order valence-corrected chi connectivity index (χ4v) is 4.58. The summed E-state index contributed by atoms with van der Waals surface area (Å²) >= 11 is 3.58. The lowest BCUT2D eigenvalue weighted by molar-refractivity contribution is -0.364. The van der Waals surface area contributed by atoms with Crippen LogP contribution < -0.4 is 15.5 Å². The number of nitrogen functional groups attached to an aromatic ring is 1. The zero-order valence-electron chi connectivity index (χ0n) is 18.5. The summed E-state index contributed by atoms with van der Waals surface area (Å²) in [4.78, 5) is 3.04. The molecule has 3 N–H and O–H groups in total. The Hall–Kier alpha value is -4.38. The van der Waals surface area contributed by atoms with Crippen LogP contribution in [0.15, 0.2) is 52.5 Å². The first-order valence-corrected chi connectivity index (χ1v) is 11.2. The molecule has 164 valence electrons. The number of nitrogens with two attached hydrogens (primary N) is 1. The van der Waals surface area contributed by atoms with Gasteiger partial charge in [-0.2, -0.15) is 15.8 Å². The minimum atomic E-state index is 0.253. The molecule has 1 aromatic heterocycles. The molecule has 34 heavy (non-hydrogen) atoms. The maximum atomic E-state index is 9.74. The van der Waals surface area contributed by atoms with Gasteiger partial charge in [0.15, 0.2) is 5.69 Å². The number of ether oxygens (including phenoxy) is 1. The molecule has 1 heterocycles. The normalized spacial score (nSPS) is 13.2. The molecule has 2 aromatic carbocycles. The van der Waals surface area contributed by atoms with E-state index in [-0.39, 0.29) is 12.4 Å². The number of aromatic nitrogens is 1. The van der Waals surface area contributed by atoms with Crippen LogP contribution in [0.2, 0.25) is 0 Å². The average Bonchev–Trinajstić information content (AvgIpc) is 3.09. The van der Waals surface area contributed by atoms with Gasteiger partial charge in [0.1, 0.15) is 35.6 Å². The molecule has 0 spiro atoms. The number of halogens is 1. The third-order valence-electron chi connectivity index (χ3n) is 5.84. The molecule has 1 aliphatic carbocycles. The van der Waals surface area contributed by atoms with Crippen LogP contribution in [0.1, 0.15) is 46.0 Å². The minimum absolute atomic E-state index is 0.253. The number of H-pyrrole nitrogens is 1. The highest BCUT2D eigenvalue weighted by atomic mass is 79.9. The molecular weight excluding hydrogens is 490 g/mol. The van der Waals surface area contributed by atoms with Crippen LogP contribution in [-0.2, 0) is 6.61 Å². The molecule has 1 aliphatic rings. The second kappa shape index (κ2) is 9.24. The number of hydrogen-bond acceptors (Lipinski definition) is 5. The number of hydrogen-bond donors (Lipinski definition) is 1. The van der Waals surface area contributed by atoms with Gasteiger partial charge in [0.25, 0.3) is 5.82 Å². The van der Waals surface area contributed by atoms with Crippen molar-refractivity contribution in [3.8, 4) is 24.0 Å². The number of nitrogens with zero attached hydrogens (tertiary/aromatic N) is 3. The minimum Gasteiger partial charge on any atom is -0.488 e. The van der Waals surface area contributed by atoms with E-state index in [0.29, 0.717) is 28.1 Å². The smallest absolute Gasteiger partial charge is 0.289 e. The number of allylic oxidation sites excluding steroid dienone is 3. The molecule has 0 aliphatic heterocycles. The van der Waals surface area contributed by atoms with Crippen LogP contribution in [0.25, 0.3) is 17.2 Å². The molecule has 0 fully saturated rings. The van der Waals surface area contributed by atoms with Crippen molar-refractivity contribution in [3.63, 3.8) is 0 Å². The molecule has 0 radical (unpaired) electrons. The summed E-state index contributed by atoms with van der Waals surface area (Å²) in [5.74, 6) is 0.901. The van der Waals surface area contributed by atoms with Crippen molar-refractivity contribution in [3.05, 3.63) is 91.6 Å². The number of nitrogens with one attached hydrogen (secondary N) is 1. The number of pyridine rings is 1. The summed E-state index contributed by atoms with van der Waals surface area (Å²) in [7, 11) is 0. The molecule has 4 rings (SSSR count). The van der Waals surface area contributed by atoms with Crippen molar-refractivity contribution < 1.29 is 9.72 Å². The van der Waals surface area contributed by atoms with E-state index in [9.17, 15) is 15.8 Å². The maximum absolute atomic E-state index is 9.74. The Kier molecular flexibility index (Phi) is 6.19. The second-order valence-electron chi connectivity index (χ2n) is 7.82. The standard InChI is InChI=1S/C27H18BrN5O/c1-15-20(25-16(2)22(13-31)27(32)33-26(25)21(15)12-30)9-17-7-8-24(23(28)10-17)34-14-19-6-4-3-5-18(19)11-29/h3-10H,14H2,1-2H3,(H2,32,33)/p+1. The summed E-state index contributed by atoms with van der Waals surface area (Å²) in [6.45, 7) is 4.00. The van der Waals surface area contributed by atoms with Crippen molar-refractivity contribution in [2.75, 3.05) is 5.73 Å². The molecule has 0 bridgehead atoms. The van der Waals surface area contributed by atoms with Crippen LogP contribution in [-0.4, -0.2) is 0 Å². The molecule has 0 saturated carbocycles. The topological polar surface area (TPSA) is 121 Å². The Morgan fingerprint density at radius 2 is 1.82 bits per heavy atom. The zero-order chi connectivity index (χ0) is 24.4.